The lowest BCUT2D eigenvalue weighted by Crippen LogP contribution is -2.35. The smallest absolute Gasteiger partial charge is 0.0576 e. The average Bonchev–Trinajstić information content (AvgIpc) is 2.40. The summed E-state index contributed by atoms with van der Waals surface area (Å²) < 4.78 is 0. The number of likely N-dealkylation sites (tertiary alicyclic amines) is 1. The summed E-state index contributed by atoms with van der Waals surface area (Å²) in [6, 6.07) is 6.17. The first-order valence-electron chi connectivity index (χ1n) is 7.01. The summed E-state index contributed by atoms with van der Waals surface area (Å²) in [7, 11) is 0. The van der Waals surface area contributed by atoms with E-state index in [1.54, 1.807) is 0 Å². The summed E-state index contributed by atoms with van der Waals surface area (Å²) in [5, 5.41) is 3.51. The highest BCUT2D eigenvalue weighted by Crippen LogP contribution is 2.22. The predicted molar refractivity (Wildman–Crippen MR) is 78.9 cm³/mol. The molecule has 0 spiro atoms. The van der Waals surface area contributed by atoms with Crippen molar-refractivity contribution in [2.45, 2.75) is 26.7 Å². The molecule has 2 rings (SSSR count). The van der Waals surface area contributed by atoms with Crippen molar-refractivity contribution in [1.82, 2.24) is 4.90 Å². The number of nitrogens with two attached hydrogens (primary N) is 1. The van der Waals surface area contributed by atoms with E-state index in [2.05, 4.69) is 36.2 Å². The largest absolute Gasteiger partial charge is 0.397 e. The van der Waals surface area contributed by atoms with E-state index in [1.807, 2.05) is 6.07 Å². The van der Waals surface area contributed by atoms with Crippen LogP contribution in [0, 0.1) is 12.8 Å². The molecule has 3 N–H and O–H groups in total. The minimum atomic E-state index is 0.785. The molecule has 0 saturated carbocycles. The molecular formula is C15H25N3. The van der Waals surface area contributed by atoms with Gasteiger partial charge in [-0.15, -0.1) is 0 Å². The van der Waals surface area contributed by atoms with Crippen molar-refractivity contribution in [3.63, 3.8) is 0 Å². The number of nitrogens with one attached hydrogen (secondary N) is 1. The lowest BCUT2D eigenvalue weighted by molar-refractivity contribution is 0.198. The number of nitrogens with zero attached hydrogens (tertiary/aromatic N) is 1. The Kier molecular flexibility index (Phi) is 4.48. The normalized spacial score (nSPS) is 17.9. The van der Waals surface area contributed by atoms with Crippen LogP contribution in [0.5, 0.6) is 0 Å². The Labute approximate surface area is 110 Å². The molecule has 0 bridgehead atoms. The number of hydrogen-bond donors (Lipinski definition) is 2. The Bertz CT molecular complexity index is 381. The third-order valence-corrected chi connectivity index (χ3v) is 3.94. The zero-order valence-corrected chi connectivity index (χ0v) is 11.6. The highest BCUT2D eigenvalue weighted by molar-refractivity contribution is 5.66. The first kappa shape index (κ1) is 13.2. The fourth-order valence-corrected chi connectivity index (χ4v) is 2.58. The Morgan fingerprint density at radius 3 is 2.72 bits per heavy atom. The Morgan fingerprint density at radius 1 is 1.33 bits per heavy atom. The second kappa shape index (κ2) is 6.10. The second-order valence-corrected chi connectivity index (χ2v) is 5.35. The summed E-state index contributed by atoms with van der Waals surface area (Å²) in [5.74, 6) is 0.785. The van der Waals surface area contributed by atoms with Crippen LogP contribution >= 0.6 is 0 Å². The molecule has 0 amide bonds. The summed E-state index contributed by atoms with van der Waals surface area (Å²) in [5.41, 5.74) is 9.18. The van der Waals surface area contributed by atoms with Gasteiger partial charge in [-0.2, -0.15) is 0 Å². The molecule has 0 atom stereocenters. The van der Waals surface area contributed by atoms with Gasteiger partial charge in [-0.25, -0.2) is 0 Å². The highest BCUT2D eigenvalue weighted by atomic mass is 15.1. The monoisotopic (exact) mass is 247 g/mol. The minimum Gasteiger partial charge on any atom is -0.397 e. The van der Waals surface area contributed by atoms with Gasteiger partial charge in [-0.05, 0) is 63.0 Å². The van der Waals surface area contributed by atoms with Gasteiger partial charge in [0.1, 0.15) is 0 Å². The predicted octanol–water partition coefficient (Wildman–Crippen LogP) is 2.72. The van der Waals surface area contributed by atoms with E-state index in [9.17, 15) is 0 Å². The molecule has 18 heavy (non-hydrogen) atoms. The number of aryl methyl sites for hydroxylation is 1. The maximum Gasteiger partial charge on any atom is 0.0576 e. The van der Waals surface area contributed by atoms with Crippen molar-refractivity contribution in [2.24, 2.45) is 5.92 Å². The van der Waals surface area contributed by atoms with Gasteiger partial charge in [0.15, 0.2) is 0 Å². The quantitative estimate of drug-likeness (QED) is 0.804. The van der Waals surface area contributed by atoms with Crippen LogP contribution in [0.3, 0.4) is 0 Å². The van der Waals surface area contributed by atoms with E-state index in [4.69, 9.17) is 5.73 Å². The average molecular weight is 247 g/mol. The first-order valence-corrected chi connectivity index (χ1v) is 7.01. The molecule has 1 fully saturated rings. The van der Waals surface area contributed by atoms with E-state index in [1.165, 1.54) is 38.0 Å². The van der Waals surface area contributed by atoms with E-state index in [0.29, 0.717) is 0 Å². The molecular weight excluding hydrogens is 222 g/mol. The molecule has 1 heterocycles. The molecule has 1 aromatic rings. The summed E-state index contributed by atoms with van der Waals surface area (Å²) >= 11 is 0. The maximum absolute atomic E-state index is 5.98. The van der Waals surface area contributed by atoms with Crippen LogP contribution in [-0.4, -0.2) is 31.1 Å². The molecule has 0 aromatic heterocycles. The van der Waals surface area contributed by atoms with Crippen molar-refractivity contribution in [3.05, 3.63) is 23.8 Å². The lowest BCUT2D eigenvalue weighted by Gasteiger charge is -2.31. The first-order chi connectivity index (χ1) is 8.69. The molecule has 3 heteroatoms. The molecule has 1 aliphatic heterocycles. The molecule has 1 aromatic carbocycles. The highest BCUT2D eigenvalue weighted by Gasteiger charge is 2.17. The van der Waals surface area contributed by atoms with Crippen LogP contribution < -0.4 is 11.1 Å². The van der Waals surface area contributed by atoms with Crippen LogP contribution in [0.15, 0.2) is 18.2 Å². The van der Waals surface area contributed by atoms with Gasteiger partial charge < -0.3 is 16.0 Å². The van der Waals surface area contributed by atoms with Gasteiger partial charge in [-0.1, -0.05) is 13.0 Å². The number of benzene rings is 1. The van der Waals surface area contributed by atoms with Gasteiger partial charge in [-0.3, -0.25) is 0 Å². The van der Waals surface area contributed by atoms with E-state index in [0.717, 1.165) is 23.8 Å². The van der Waals surface area contributed by atoms with Crippen molar-refractivity contribution in [1.29, 1.82) is 0 Å². The maximum atomic E-state index is 5.98. The van der Waals surface area contributed by atoms with Gasteiger partial charge in [0, 0.05) is 6.54 Å². The van der Waals surface area contributed by atoms with Gasteiger partial charge >= 0.3 is 0 Å². The van der Waals surface area contributed by atoms with E-state index >= 15 is 0 Å². The number of hydrogen-bond acceptors (Lipinski definition) is 3. The van der Waals surface area contributed by atoms with E-state index in [-0.39, 0.29) is 0 Å². The fraction of sp³-hybridized carbons (Fsp3) is 0.600. The van der Waals surface area contributed by atoms with Gasteiger partial charge in [0.05, 0.1) is 11.4 Å². The third-order valence-electron chi connectivity index (χ3n) is 3.94. The third kappa shape index (κ3) is 3.39. The SMILES string of the molecule is CCN1CCC(CNc2cc(C)ccc2N)CC1. The van der Waals surface area contributed by atoms with E-state index < -0.39 is 0 Å². The zero-order chi connectivity index (χ0) is 13.0. The Morgan fingerprint density at radius 2 is 2.06 bits per heavy atom. The number of nitrogen functional groups attached to an aromatic ring is 1. The van der Waals surface area contributed by atoms with Crippen LogP contribution in [0.2, 0.25) is 0 Å². The van der Waals surface area contributed by atoms with Crippen LogP contribution in [0.4, 0.5) is 11.4 Å². The zero-order valence-electron chi connectivity index (χ0n) is 11.6. The molecule has 1 saturated heterocycles. The van der Waals surface area contributed by atoms with Crippen LogP contribution in [0.1, 0.15) is 25.3 Å². The van der Waals surface area contributed by atoms with Gasteiger partial charge in [0.25, 0.3) is 0 Å². The number of anilines is 2. The van der Waals surface area contributed by atoms with Crippen molar-refractivity contribution >= 4 is 11.4 Å². The Hall–Kier alpha value is -1.22. The molecule has 1 aliphatic rings. The van der Waals surface area contributed by atoms with Crippen LogP contribution in [-0.2, 0) is 0 Å². The summed E-state index contributed by atoms with van der Waals surface area (Å²) in [6.07, 6.45) is 2.60. The minimum absolute atomic E-state index is 0.785. The summed E-state index contributed by atoms with van der Waals surface area (Å²) in [4.78, 5) is 2.53. The van der Waals surface area contributed by atoms with Crippen molar-refractivity contribution in [3.8, 4) is 0 Å². The molecule has 0 radical (unpaired) electrons. The molecule has 0 unspecified atom stereocenters. The fourth-order valence-electron chi connectivity index (χ4n) is 2.58. The second-order valence-electron chi connectivity index (χ2n) is 5.35. The lowest BCUT2D eigenvalue weighted by atomic mass is 9.96. The van der Waals surface area contributed by atoms with Crippen LogP contribution in [0.25, 0.3) is 0 Å². The molecule has 0 aliphatic carbocycles. The molecule has 3 nitrogen and oxygen atoms in total. The number of rotatable bonds is 4. The molecule has 100 valence electrons. The topological polar surface area (TPSA) is 41.3 Å². The van der Waals surface area contributed by atoms with Crippen molar-refractivity contribution in [2.75, 3.05) is 37.2 Å². The summed E-state index contributed by atoms with van der Waals surface area (Å²) in [6.45, 7) is 9.06. The standard InChI is InChI=1S/C15H25N3/c1-3-18-8-6-13(7-9-18)11-17-15-10-12(2)4-5-14(15)16/h4-5,10,13,17H,3,6-9,11,16H2,1-2H3. The van der Waals surface area contributed by atoms with Gasteiger partial charge in [0.2, 0.25) is 0 Å². The Balaban J connectivity index is 1.83. The number of piperidine rings is 1. The van der Waals surface area contributed by atoms with Crippen molar-refractivity contribution < 1.29 is 0 Å².